The molecule has 2 aliphatic heterocycles. The van der Waals surface area contributed by atoms with Crippen LogP contribution in [-0.2, 0) is 19.7 Å². The Hall–Kier alpha value is -2.37. The molecular weight excluding hydrogens is 364 g/mol. The van der Waals surface area contributed by atoms with Gasteiger partial charge in [0.15, 0.2) is 0 Å². The van der Waals surface area contributed by atoms with Crippen molar-refractivity contribution in [1.29, 1.82) is 0 Å². The van der Waals surface area contributed by atoms with Crippen molar-refractivity contribution in [1.82, 2.24) is 0 Å². The van der Waals surface area contributed by atoms with E-state index in [-0.39, 0.29) is 5.91 Å². The van der Waals surface area contributed by atoms with Crippen LogP contribution in [-0.4, -0.2) is 45.4 Å². The maximum absolute atomic E-state index is 13.4. The lowest BCUT2D eigenvalue weighted by molar-refractivity contribution is -0.125. The summed E-state index contributed by atoms with van der Waals surface area (Å²) in [5, 5.41) is 3.16. The molecule has 5 nitrogen and oxygen atoms in total. The fourth-order valence-corrected chi connectivity index (χ4v) is 4.50. The molecule has 2 saturated heterocycles. The molecule has 2 fully saturated rings. The predicted octanol–water partition coefficient (Wildman–Crippen LogP) is 3.99. The van der Waals surface area contributed by atoms with Gasteiger partial charge in [0.1, 0.15) is 0 Å². The van der Waals surface area contributed by atoms with Crippen LogP contribution in [0.5, 0.6) is 0 Å². The second-order valence-electron chi connectivity index (χ2n) is 8.01. The Morgan fingerprint density at radius 3 is 2.52 bits per heavy atom. The van der Waals surface area contributed by atoms with E-state index in [1.807, 2.05) is 30.3 Å². The van der Waals surface area contributed by atoms with Crippen LogP contribution in [0.1, 0.15) is 31.2 Å². The summed E-state index contributed by atoms with van der Waals surface area (Å²) in [7, 11) is 1.78. The lowest BCUT2D eigenvalue weighted by Gasteiger charge is -2.36. The number of rotatable bonds is 5. The molecule has 29 heavy (non-hydrogen) atoms. The van der Waals surface area contributed by atoms with Crippen molar-refractivity contribution < 1.29 is 14.3 Å². The molecule has 1 atom stereocenters. The van der Waals surface area contributed by atoms with Crippen LogP contribution in [0.4, 0.5) is 11.4 Å². The zero-order valence-electron chi connectivity index (χ0n) is 17.1. The van der Waals surface area contributed by atoms with Crippen molar-refractivity contribution in [2.75, 3.05) is 43.6 Å². The lowest BCUT2D eigenvalue weighted by atomic mass is 9.73. The number of nitrogens with zero attached hydrogens (tertiary/aromatic N) is 1. The highest BCUT2D eigenvalue weighted by Crippen LogP contribution is 2.36. The van der Waals surface area contributed by atoms with Gasteiger partial charge in [0.25, 0.3) is 0 Å². The number of methoxy groups -OCH3 is 1. The number of hydrogen-bond donors (Lipinski definition) is 1. The van der Waals surface area contributed by atoms with Gasteiger partial charge < -0.3 is 19.7 Å². The van der Waals surface area contributed by atoms with Gasteiger partial charge >= 0.3 is 0 Å². The van der Waals surface area contributed by atoms with Crippen LogP contribution in [0.2, 0.25) is 0 Å². The highest BCUT2D eigenvalue weighted by molar-refractivity contribution is 5.99. The third kappa shape index (κ3) is 4.31. The predicted molar refractivity (Wildman–Crippen MR) is 115 cm³/mol. The maximum atomic E-state index is 13.4. The second-order valence-corrected chi connectivity index (χ2v) is 8.01. The molecular formula is C24H30N2O3. The molecule has 0 saturated carbocycles. The Kier molecular flexibility index (Phi) is 6.16. The Morgan fingerprint density at radius 2 is 1.83 bits per heavy atom. The third-order valence-electron chi connectivity index (χ3n) is 6.31. The van der Waals surface area contributed by atoms with E-state index < -0.39 is 5.41 Å². The number of nitrogens with one attached hydrogen (secondary N) is 1. The Labute approximate surface area is 173 Å². The van der Waals surface area contributed by atoms with Crippen molar-refractivity contribution in [2.45, 2.75) is 37.2 Å². The average Bonchev–Trinajstić information content (AvgIpc) is 2.80. The lowest BCUT2D eigenvalue weighted by Crippen LogP contribution is -2.44. The number of hydrogen-bond acceptors (Lipinski definition) is 4. The van der Waals surface area contributed by atoms with E-state index in [0.717, 1.165) is 37.2 Å². The van der Waals surface area contributed by atoms with E-state index >= 15 is 0 Å². The molecule has 5 heteroatoms. The summed E-state index contributed by atoms with van der Waals surface area (Å²) in [5.41, 5.74) is 2.54. The second kappa shape index (κ2) is 8.97. The Bertz CT molecular complexity index is 801. The largest absolute Gasteiger partial charge is 0.381 e. The van der Waals surface area contributed by atoms with Gasteiger partial charge in [-0.05, 0) is 55.5 Å². The van der Waals surface area contributed by atoms with E-state index in [9.17, 15) is 4.79 Å². The molecule has 0 bridgehead atoms. The zero-order valence-corrected chi connectivity index (χ0v) is 17.1. The van der Waals surface area contributed by atoms with Crippen LogP contribution in [0.3, 0.4) is 0 Å². The molecule has 0 radical (unpaired) electrons. The van der Waals surface area contributed by atoms with Crippen LogP contribution < -0.4 is 10.2 Å². The average molecular weight is 395 g/mol. The topological polar surface area (TPSA) is 50.8 Å². The number of carbonyl (C=O) groups is 1. The molecule has 1 unspecified atom stereocenters. The maximum Gasteiger partial charge on any atom is 0.235 e. The Balaban J connectivity index is 1.48. The normalized spacial score (nSPS) is 21.6. The van der Waals surface area contributed by atoms with Crippen molar-refractivity contribution >= 4 is 17.3 Å². The highest BCUT2D eigenvalue weighted by atomic mass is 16.5. The summed E-state index contributed by atoms with van der Waals surface area (Å²) >= 11 is 0. The minimum absolute atomic E-state index is 0.0529. The number of carbonyl (C=O) groups excluding carboxylic acids is 1. The van der Waals surface area contributed by atoms with E-state index in [1.54, 1.807) is 7.11 Å². The van der Waals surface area contributed by atoms with Crippen molar-refractivity contribution in [2.24, 2.45) is 0 Å². The first-order valence-corrected chi connectivity index (χ1v) is 10.5. The summed E-state index contributed by atoms with van der Waals surface area (Å²) < 4.78 is 11.1. The summed E-state index contributed by atoms with van der Waals surface area (Å²) in [6.07, 6.45) is 3.95. The summed E-state index contributed by atoms with van der Waals surface area (Å²) in [4.78, 5) is 15.7. The van der Waals surface area contributed by atoms with Gasteiger partial charge in [-0.25, -0.2) is 0 Å². The first kappa shape index (κ1) is 19.9. The quantitative estimate of drug-likeness (QED) is 0.833. The minimum atomic E-state index is -0.531. The summed E-state index contributed by atoms with van der Waals surface area (Å²) in [6.45, 7) is 3.18. The molecule has 2 aromatic carbocycles. The minimum Gasteiger partial charge on any atom is -0.381 e. The van der Waals surface area contributed by atoms with E-state index in [0.29, 0.717) is 32.2 Å². The fourth-order valence-electron chi connectivity index (χ4n) is 4.50. The molecule has 0 aliphatic carbocycles. The molecule has 2 aliphatic rings. The number of benzene rings is 2. The zero-order chi connectivity index (χ0) is 20.1. The molecule has 154 valence electrons. The number of amides is 1. The monoisotopic (exact) mass is 394 g/mol. The van der Waals surface area contributed by atoms with Gasteiger partial charge in [0, 0.05) is 44.8 Å². The van der Waals surface area contributed by atoms with E-state index in [2.05, 4.69) is 34.5 Å². The van der Waals surface area contributed by atoms with Gasteiger partial charge in [0.2, 0.25) is 5.91 Å². The summed E-state index contributed by atoms with van der Waals surface area (Å²) in [5.74, 6) is 0.0529. The molecule has 2 heterocycles. The van der Waals surface area contributed by atoms with Gasteiger partial charge in [-0.2, -0.15) is 0 Å². The highest BCUT2D eigenvalue weighted by Gasteiger charge is 2.41. The van der Waals surface area contributed by atoms with Crippen LogP contribution in [0, 0.1) is 0 Å². The van der Waals surface area contributed by atoms with Crippen molar-refractivity contribution in [3.8, 4) is 0 Å². The Morgan fingerprint density at radius 1 is 1.10 bits per heavy atom. The molecule has 1 N–H and O–H groups in total. The van der Waals surface area contributed by atoms with E-state index in [1.165, 1.54) is 5.69 Å². The fraction of sp³-hybridized carbons (Fsp3) is 0.458. The third-order valence-corrected chi connectivity index (χ3v) is 6.31. The molecule has 4 rings (SSSR count). The van der Waals surface area contributed by atoms with Gasteiger partial charge in [-0.1, -0.05) is 30.3 Å². The van der Waals surface area contributed by atoms with Crippen LogP contribution in [0.15, 0.2) is 54.6 Å². The van der Waals surface area contributed by atoms with Crippen molar-refractivity contribution in [3.05, 3.63) is 60.2 Å². The molecule has 0 aromatic heterocycles. The molecule has 2 aromatic rings. The van der Waals surface area contributed by atoms with Crippen LogP contribution >= 0.6 is 0 Å². The first-order valence-electron chi connectivity index (χ1n) is 10.5. The number of piperidine rings is 1. The SMILES string of the molecule is COC1CCCN(c2ccc(NC(=O)C3(c4ccccc4)CCOCC3)cc2)C1. The number of anilines is 2. The van der Waals surface area contributed by atoms with Gasteiger partial charge in [-0.15, -0.1) is 0 Å². The van der Waals surface area contributed by atoms with Gasteiger partial charge in [0.05, 0.1) is 11.5 Å². The summed E-state index contributed by atoms with van der Waals surface area (Å²) in [6, 6.07) is 18.3. The van der Waals surface area contributed by atoms with E-state index in [4.69, 9.17) is 9.47 Å². The number of ether oxygens (including phenoxy) is 2. The van der Waals surface area contributed by atoms with Crippen molar-refractivity contribution in [3.63, 3.8) is 0 Å². The van der Waals surface area contributed by atoms with Gasteiger partial charge in [-0.3, -0.25) is 4.79 Å². The molecule has 1 amide bonds. The first-order chi connectivity index (χ1) is 14.2. The van der Waals surface area contributed by atoms with Crippen LogP contribution in [0.25, 0.3) is 0 Å². The standard InChI is InChI=1S/C24H30N2O3/c1-28-22-8-5-15-26(18-22)21-11-9-20(10-12-21)25-23(27)24(13-16-29-17-14-24)19-6-3-2-4-7-19/h2-4,6-7,9-12,22H,5,8,13-18H2,1H3,(H,25,27). The smallest absolute Gasteiger partial charge is 0.235 e. The molecule has 0 spiro atoms.